The van der Waals surface area contributed by atoms with E-state index in [0.717, 1.165) is 37.9 Å². The average Bonchev–Trinajstić information content (AvgIpc) is 3.28. The van der Waals surface area contributed by atoms with Crippen LogP contribution in [0.3, 0.4) is 0 Å². The number of amides is 2. The predicted octanol–water partition coefficient (Wildman–Crippen LogP) is 1.47. The number of piperidine rings is 1. The van der Waals surface area contributed by atoms with Crippen LogP contribution in [0.1, 0.15) is 41.6 Å². The van der Waals surface area contributed by atoms with E-state index in [9.17, 15) is 9.59 Å². The number of hydrazine groups is 1. The number of hydrogen-bond acceptors (Lipinski definition) is 5. The molecule has 7 heteroatoms. The summed E-state index contributed by atoms with van der Waals surface area (Å²) in [7, 11) is 0. The van der Waals surface area contributed by atoms with Gasteiger partial charge < -0.3 is 14.4 Å². The van der Waals surface area contributed by atoms with Crippen LogP contribution in [0.5, 0.6) is 0 Å². The van der Waals surface area contributed by atoms with Gasteiger partial charge in [0.15, 0.2) is 6.29 Å². The number of aryl methyl sites for hydroxylation is 1. The van der Waals surface area contributed by atoms with E-state index in [-0.39, 0.29) is 18.1 Å². The Morgan fingerprint density at radius 3 is 2.85 bits per heavy atom. The summed E-state index contributed by atoms with van der Waals surface area (Å²) in [5.74, 6) is -0.204. The predicted molar refractivity (Wildman–Crippen MR) is 98.8 cm³/mol. The molecular formula is C20H27N3O4. The number of carbonyl (C=O) groups is 2. The quantitative estimate of drug-likeness (QED) is 0.865. The Labute approximate surface area is 159 Å². The van der Waals surface area contributed by atoms with E-state index in [2.05, 4.69) is 10.3 Å². The lowest BCUT2D eigenvalue weighted by Gasteiger charge is -2.44. The van der Waals surface area contributed by atoms with Crippen molar-refractivity contribution in [1.82, 2.24) is 15.3 Å². The molecule has 0 radical (unpaired) electrons. The van der Waals surface area contributed by atoms with Crippen LogP contribution in [0.4, 0.5) is 0 Å². The van der Waals surface area contributed by atoms with E-state index in [4.69, 9.17) is 9.47 Å². The summed E-state index contributed by atoms with van der Waals surface area (Å²) in [5, 5.41) is 1.60. The Morgan fingerprint density at radius 1 is 1.30 bits per heavy atom. The molecule has 1 aromatic carbocycles. The Balaban J connectivity index is 1.49. The van der Waals surface area contributed by atoms with Crippen molar-refractivity contribution >= 4 is 11.8 Å². The molecule has 1 unspecified atom stereocenters. The van der Waals surface area contributed by atoms with Crippen LogP contribution < -0.4 is 5.43 Å². The molecule has 7 nitrogen and oxygen atoms in total. The van der Waals surface area contributed by atoms with Crippen LogP contribution in [-0.2, 0) is 14.3 Å². The third-order valence-electron chi connectivity index (χ3n) is 5.79. The van der Waals surface area contributed by atoms with Gasteiger partial charge in [0.25, 0.3) is 5.91 Å². The van der Waals surface area contributed by atoms with Crippen LogP contribution in [-0.4, -0.2) is 66.4 Å². The van der Waals surface area contributed by atoms with Gasteiger partial charge in [0.05, 0.1) is 25.2 Å². The molecule has 3 saturated heterocycles. The fraction of sp³-hybridized carbons (Fsp3) is 0.600. The van der Waals surface area contributed by atoms with Crippen molar-refractivity contribution < 1.29 is 19.1 Å². The lowest BCUT2D eigenvalue weighted by molar-refractivity contribution is -0.120. The summed E-state index contributed by atoms with van der Waals surface area (Å²) in [6, 6.07) is 7.53. The largest absolute Gasteiger partial charge is 0.350 e. The topological polar surface area (TPSA) is 71.1 Å². The molecule has 0 bridgehead atoms. The molecule has 3 aliphatic heterocycles. The van der Waals surface area contributed by atoms with Crippen molar-refractivity contribution in [2.24, 2.45) is 0 Å². The highest BCUT2D eigenvalue weighted by Gasteiger charge is 2.50. The van der Waals surface area contributed by atoms with Crippen molar-refractivity contribution in [1.29, 1.82) is 0 Å². The first-order valence-corrected chi connectivity index (χ1v) is 9.73. The molecule has 27 heavy (non-hydrogen) atoms. The fourth-order valence-corrected chi connectivity index (χ4v) is 4.45. The second-order valence-electron chi connectivity index (χ2n) is 7.73. The Bertz CT molecular complexity index is 719. The molecule has 1 spiro atoms. The highest BCUT2D eigenvalue weighted by atomic mass is 16.7. The number of nitrogens with one attached hydrogen (secondary N) is 1. The summed E-state index contributed by atoms with van der Waals surface area (Å²) in [5.41, 5.74) is 3.91. The minimum atomic E-state index is -0.480. The van der Waals surface area contributed by atoms with Crippen LogP contribution in [0, 0.1) is 6.92 Å². The standard InChI is InChI=1S/C20H27N3O4/c1-15-5-2-3-6-16(15)19(25)23-20(13-17(24)21-23)8-4-9-22(14-20)10-7-18-26-11-12-27-18/h2-3,5-6,18H,4,7-14H2,1H3,(H,21,24). The van der Waals surface area contributed by atoms with Crippen molar-refractivity contribution in [3.8, 4) is 0 Å². The Hall–Kier alpha value is -1.96. The fourth-order valence-electron chi connectivity index (χ4n) is 4.45. The molecule has 2 amide bonds. The zero-order valence-electron chi connectivity index (χ0n) is 15.8. The number of benzene rings is 1. The van der Waals surface area contributed by atoms with E-state index in [1.54, 1.807) is 5.01 Å². The number of hydrogen-bond donors (Lipinski definition) is 1. The third kappa shape index (κ3) is 3.72. The molecule has 3 fully saturated rings. The Kier molecular flexibility index (Phi) is 5.16. The number of nitrogens with zero attached hydrogens (tertiary/aromatic N) is 2. The first-order chi connectivity index (χ1) is 13.1. The smallest absolute Gasteiger partial charge is 0.273 e. The van der Waals surface area contributed by atoms with Gasteiger partial charge in [0, 0.05) is 25.1 Å². The molecular weight excluding hydrogens is 346 g/mol. The molecule has 3 aliphatic rings. The van der Waals surface area contributed by atoms with Crippen LogP contribution >= 0.6 is 0 Å². The lowest BCUT2D eigenvalue weighted by atomic mass is 9.85. The second-order valence-corrected chi connectivity index (χ2v) is 7.73. The summed E-state index contributed by atoms with van der Waals surface area (Å²) in [4.78, 5) is 27.8. The molecule has 0 aliphatic carbocycles. The Morgan fingerprint density at radius 2 is 2.07 bits per heavy atom. The van der Waals surface area contributed by atoms with Gasteiger partial charge in [0.1, 0.15) is 0 Å². The SMILES string of the molecule is Cc1ccccc1C(=O)N1NC(=O)CC12CCCN(CCC1OCCO1)C2. The highest BCUT2D eigenvalue weighted by Crippen LogP contribution is 2.35. The van der Waals surface area contributed by atoms with Gasteiger partial charge in [-0.15, -0.1) is 0 Å². The first-order valence-electron chi connectivity index (χ1n) is 9.73. The normalized spacial score (nSPS) is 26.7. The van der Waals surface area contributed by atoms with Crippen molar-refractivity contribution in [3.05, 3.63) is 35.4 Å². The average molecular weight is 373 g/mol. The summed E-state index contributed by atoms with van der Waals surface area (Å²) in [6.45, 7) is 5.74. The maximum atomic E-state index is 13.2. The molecule has 0 aromatic heterocycles. The summed E-state index contributed by atoms with van der Waals surface area (Å²) < 4.78 is 11.1. The third-order valence-corrected chi connectivity index (χ3v) is 5.79. The van der Waals surface area contributed by atoms with Crippen molar-refractivity contribution in [2.45, 2.75) is 44.4 Å². The van der Waals surface area contributed by atoms with Gasteiger partial charge in [-0.25, -0.2) is 5.01 Å². The second kappa shape index (κ2) is 7.58. The van der Waals surface area contributed by atoms with Gasteiger partial charge in [-0.1, -0.05) is 18.2 Å². The maximum Gasteiger partial charge on any atom is 0.273 e. The van der Waals surface area contributed by atoms with E-state index in [0.29, 0.717) is 31.7 Å². The zero-order chi connectivity index (χ0) is 18.9. The number of likely N-dealkylation sites (tertiary alicyclic amines) is 1. The van der Waals surface area contributed by atoms with Gasteiger partial charge in [-0.2, -0.15) is 0 Å². The van der Waals surface area contributed by atoms with E-state index in [1.807, 2.05) is 31.2 Å². The molecule has 3 heterocycles. The van der Waals surface area contributed by atoms with Crippen LogP contribution in [0.15, 0.2) is 24.3 Å². The van der Waals surface area contributed by atoms with Gasteiger partial charge >= 0.3 is 0 Å². The van der Waals surface area contributed by atoms with Gasteiger partial charge in [-0.3, -0.25) is 15.0 Å². The van der Waals surface area contributed by atoms with Gasteiger partial charge in [-0.05, 0) is 37.9 Å². The molecule has 4 rings (SSSR count). The number of ether oxygens (including phenoxy) is 2. The summed E-state index contributed by atoms with van der Waals surface area (Å²) in [6.07, 6.45) is 2.83. The highest BCUT2D eigenvalue weighted by molar-refractivity contribution is 5.99. The van der Waals surface area contributed by atoms with Crippen molar-refractivity contribution in [3.63, 3.8) is 0 Å². The first kappa shape index (κ1) is 18.4. The van der Waals surface area contributed by atoms with E-state index >= 15 is 0 Å². The van der Waals surface area contributed by atoms with E-state index < -0.39 is 5.54 Å². The maximum absolute atomic E-state index is 13.2. The number of carbonyl (C=O) groups excluding carboxylic acids is 2. The van der Waals surface area contributed by atoms with Gasteiger partial charge in [0.2, 0.25) is 5.91 Å². The lowest BCUT2D eigenvalue weighted by Crippen LogP contribution is -2.60. The van der Waals surface area contributed by atoms with Crippen LogP contribution in [0.25, 0.3) is 0 Å². The number of rotatable bonds is 4. The molecule has 1 N–H and O–H groups in total. The summed E-state index contributed by atoms with van der Waals surface area (Å²) >= 11 is 0. The monoisotopic (exact) mass is 373 g/mol. The minimum Gasteiger partial charge on any atom is -0.350 e. The van der Waals surface area contributed by atoms with E-state index in [1.165, 1.54) is 0 Å². The van der Waals surface area contributed by atoms with Crippen LogP contribution in [0.2, 0.25) is 0 Å². The molecule has 0 saturated carbocycles. The molecule has 1 aromatic rings. The zero-order valence-corrected chi connectivity index (χ0v) is 15.8. The van der Waals surface area contributed by atoms with Crippen molar-refractivity contribution in [2.75, 3.05) is 32.8 Å². The minimum absolute atomic E-state index is 0.0822. The molecule has 1 atom stereocenters. The molecule has 146 valence electrons.